The van der Waals surface area contributed by atoms with E-state index in [1.807, 2.05) is 62.5 Å². The zero-order valence-electron chi connectivity index (χ0n) is 18.5. The Bertz CT molecular complexity index is 1270. The van der Waals surface area contributed by atoms with E-state index in [2.05, 4.69) is 23.7 Å². The molecule has 0 radical (unpaired) electrons. The Morgan fingerprint density at radius 1 is 1.12 bits per heavy atom. The predicted molar refractivity (Wildman–Crippen MR) is 130 cm³/mol. The third-order valence-corrected chi connectivity index (χ3v) is 6.36. The molecular weight excluding hydrogens is 422 g/mol. The summed E-state index contributed by atoms with van der Waals surface area (Å²) in [6, 6.07) is 14.0. The Labute approximate surface area is 191 Å². The summed E-state index contributed by atoms with van der Waals surface area (Å²) < 4.78 is 2.14. The van der Waals surface area contributed by atoms with Crippen LogP contribution < -0.4 is 5.32 Å². The molecule has 1 aliphatic heterocycles. The second-order valence-corrected chi connectivity index (χ2v) is 9.23. The smallest absolute Gasteiger partial charge is 0.294 e. The molecule has 4 rings (SSSR count). The standard InChI is InChI=1S/C25H25N3O3S/c1-15(2)27-13-18(19-7-5-6-8-21(19)27)12-22-24(30)28(25(31)32-22)14-23(29)26-20-11-16(3)9-10-17(20)4/h5-13,15H,14H2,1-4H3,(H,26,29)/b22-12+. The summed E-state index contributed by atoms with van der Waals surface area (Å²) in [4.78, 5) is 39.3. The highest BCUT2D eigenvalue weighted by molar-refractivity contribution is 8.18. The highest BCUT2D eigenvalue weighted by atomic mass is 32.2. The van der Waals surface area contributed by atoms with Crippen LogP contribution in [0.15, 0.2) is 53.6 Å². The van der Waals surface area contributed by atoms with Crippen molar-refractivity contribution in [1.82, 2.24) is 9.47 Å². The first kappa shape index (κ1) is 21.9. The van der Waals surface area contributed by atoms with Crippen molar-refractivity contribution in [2.75, 3.05) is 11.9 Å². The maximum absolute atomic E-state index is 12.9. The number of amides is 3. The van der Waals surface area contributed by atoms with Gasteiger partial charge in [0, 0.05) is 34.4 Å². The molecule has 1 N–H and O–H groups in total. The summed E-state index contributed by atoms with van der Waals surface area (Å²) in [6.07, 6.45) is 3.74. The van der Waals surface area contributed by atoms with Gasteiger partial charge in [0.15, 0.2) is 0 Å². The summed E-state index contributed by atoms with van der Waals surface area (Å²) in [7, 11) is 0. The SMILES string of the molecule is Cc1ccc(C)c(NC(=O)CN2C(=O)S/C(=C/c3cn(C(C)C)c4ccccc34)C2=O)c1. The van der Waals surface area contributed by atoms with Crippen LogP contribution in [-0.4, -0.2) is 33.1 Å². The monoisotopic (exact) mass is 447 g/mol. The van der Waals surface area contributed by atoms with E-state index in [-0.39, 0.29) is 12.6 Å². The molecule has 1 fully saturated rings. The molecule has 3 aromatic rings. The lowest BCUT2D eigenvalue weighted by Gasteiger charge is -2.14. The summed E-state index contributed by atoms with van der Waals surface area (Å²) in [5, 5.41) is 3.38. The fourth-order valence-corrected chi connectivity index (χ4v) is 4.58. The molecule has 2 heterocycles. The Kier molecular flexibility index (Phi) is 5.93. The molecule has 0 bridgehead atoms. The quantitative estimate of drug-likeness (QED) is 0.523. The van der Waals surface area contributed by atoms with E-state index in [9.17, 15) is 14.4 Å². The third kappa shape index (κ3) is 4.21. The second kappa shape index (κ2) is 8.67. The van der Waals surface area contributed by atoms with Crippen molar-refractivity contribution in [2.24, 2.45) is 0 Å². The number of aromatic nitrogens is 1. The van der Waals surface area contributed by atoms with Crippen LogP contribution in [0, 0.1) is 13.8 Å². The zero-order valence-corrected chi connectivity index (χ0v) is 19.3. The minimum atomic E-state index is -0.447. The van der Waals surface area contributed by atoms with Gasteiger partial charge in [-0.1, -0.05) is 30.3 Å². The van der Waals surface area contributed by atoms with Crippen molar-refractivity contribution in [3.05, 3.63) is 70.3 Å². The molecule has 164 valence electrons. The number of hydrogen-bond donors (Lipinski definition) is 1. The van der Waals surface area contributed by atoms with Crippen molar-refractivity contribution < 1.29 is 14.4 Å². The molecular formula is C25H25N3O3S. The number of aryl methyl sites for hydroxylation is 2. The van der Waals surface area contributed by atoms with Gasteiger partial charge < -0.3 is 9.88 Å². The number of thioether (sulfide) groups is 1. The van der Waals surface area contributed by atoms with Crippen molar-refractivity contribution in [3.63, 3.8) is 0 Å². The van der Waals surface area contributed by atoms with Gasteiger partial charge in [-0.25, -0.2) is 0 Å². The highest BCUT2D eigenvalue weighted by Gasteiger charge is 2.36. The first-order valence-corrected chi connectivity index (χ1v) is 11.3. The van der Waals surface area contributed by atoms with Crippen LogP contribution in [0.3, 0.4) is 0 Å². The average molecular weight is 448 g/mol. The largest absolute Gasteiger partial charge is 0.344 e. The van der Waals surface area contributed by atoms with Gasteiger partial charge in [-0.3, -0.25) is 19.3 Å². The van der Waals surface area contributed by atoms with Gasteiger partial charge in [0.25, 0.3) is 11.1 Å². The molecule has 7 heteroatoms. The summed E-state index contributed by atoms with van der Waals surface area (Å²) in [6.45, 7) is 7.71. The summed E-state index contributed by atoms with van der Waals surface area (Å²) in [5.74, 6) is -0.851. The zero-order chi connectivity index (χ0) is 23.0. The molecule has 0 atom stereocenters. The van der Waals surface area contributed by atoms with E-state index >= 15 is 0 Å². The number of carbonyl (C=O) groups is 3. The molecule has 6 nitrogen and oxygen atoms in total. The van der Waals surface area contributed by atoms with Crippen LogP contribution in [-0.2, 0) is 9.59 Å². The number of benzene rings is 2. The number of imide groups is 1. The molecule has 1 saturated heterocycles. The Balaban J connectivity index is 1.56. The van der Waals surface area contributed by atoms with Crippen LogP contribution in [0.25, 0.3) is 17.0 Å². The Morgan fingerprint density at radius 3 is 2.62 bits per heavy atom. The number of nitrogens with one attached hydrogen (secondary N) is 1. The minimum absolute atomic E-state index is 0.255. The summed E-state index contributed by atoms with van der Waals surface area (Å²) >= 11 is 0.866. The minimum Gasteiger partial charge on any atom is -0.344 e. The van der Waals surface area contributed by atoms with E-state index in [0.717, 1.165) is 44.3 Å². The van der Waals surface area contributed by atoms with Gasteiger partial charge in [0.1, 0.15) is 6.54 Å². The molecule has 1 aromatic heterocycles. The number of para-hydroxylation sites is 1. The van der Waals surface area contributed by atoms with Gasteiger partial charge in [-0.15, -0.1) is 0 Å². The summed E-state index contributed by atoms with van der Waals surface area (Å²) in [5.41, 5.74) is 4.56. The van der Waals surface area contributed by atoms with Crippen LogP contribution in [0.4, 0.5) is 10.5 Å². The van der Waals surface area contributed by atoms with Crippen molar-refractivity contribution >= 4 is 51.5 Å². The lowest BCUT2D eigenvalue weighted by atomic mass is 10.1. The number of fused-ring (bicyclic) bond motifs is 1. The molecule has 0 unspecified atom stereocenters. The molecule has 3 amide bonds. The van der Waals surface area contributed by atoms with Crippen molar-refractivity contribution in [1.29, 1.82) is 0 Å². The number of hydrogen-bond acceptors (Lipinski definition) is 4. The van der Waals surface area contributed by atoms with Gasteiger partial charge in [-0.05, 0) is 68.8 Å². The molecule has 0 saturated carbocycles. The molecule has 32 heavy (non-hydrogen) atoms. The molecule has 1 aliphatic rings. The normalized spacial score (nSPS) is 15.4. The first-order chi connectivity index (χ1) is 15.2. The van der Waals surface area contributed by atoms with Crippen LogP contribution in [0.5, 0.6) is 0 Å². The maximum Gasteiger partial charge on any atom is 0.294 e. The highest BCUT2D eigenvalue weighted by Crippen LogP contribution is 2.34. The van der Waals surface area contributed by atoms with Crippen molar-refractivity contribution in [3.8, 4) is 0 Å². The van der Waals surface area contributed by atoms with E-state index in [1.165, 1.54) is 0 Å². The number of nitrogens with zero attached hydrogens (tertiary/aromatic N) is 2. The fourth-order valence-electron chi connectivity index (χ4n) is 3.76. The average Bonchev–Trinajstić information content (AvgIpc) is 3.24. The second-order valence-electron chi connectivity index (χ2n) is 8.24. The van der Waals surface area contributed by atoms with Crippen molar-refractivity contribution in [2.45, 2.75) is 33.7 Å². The van der Waals surface area contributed by atoms with Gasteiger partial charge in [0.2, 0.25) is 5.91 Å². The van der Waals surface area contributed by atoms with E-state index in [1.54, 1.807) is 6.08 Å². The van der Waals surface area contributed by atoms with Crippen LogP contribution in [0.2, 0.25) is 0 Å². The van der Waals surface area contributed by atoms with Crippen LogP contribution in [0.1, 0.15) is 36.6 Å². The van der Waals surface area contributed by atoms with E-state index < -0.39 is 17.1 Å². The number of anilines is 1. The molecule has 2 aromatic carbocycles. The van der Waals surface area contributed by atoms with E-state index in [0.29, 0.717) is 10.6 Å². The maximum atomic E-state index is 12.9. The Hall–Kier alpha value is -3.32. The first-order valence-electron chi connectivity index (χ1n) is 10.5. The third-order valence-electron chi connectivity index (χ3n) is 5.46. The topological polar surface area (TPSA) is 71.4 Å². The van der Waals surface area contributed by atoms with Gasteiger partial charge >= 0.3 is 0 Å². The molecule has 0 aliphatic carbocycles. The fraction of sp³-hybridized carbons (Fsp3) is 0.240. The number of rotatable bonds is 5. The van der Waals surface area contributed by atoms with E-state index in [4.69, 9.17) is 0 Å². The van der Waals surface area contributed by atoms with Crippen LogP contribution >= 0.6 is 11.8 Å². The van der Waals surface area contributed by atoms with Gasteiger partial charge in [0.05, 0.1) is 4.91 Å². The van der Waals surface area contributed by atoms with Gasteiger partial charge in [-0.2, -0.15) is 0 Å². The predicted octanol–water partition coefficient (Wildman–Crippen LogP) is 5.51. The lowest BCUT2D eigenvalue weighted by molar-refractivity contribution is -0.127. The lowest BCUT2D eigenvalue weighted by Crippen LogP contribution is -2.36. The Morgan fingerprint density at radius 2 is 1.88 bits per heavy atom. The number of carbonyl (C=O) groups excluding carboxylic acids is 3. The molecule has 0 spiro atoms.